The van der Waals surface area contributed by atoms with Crippen LogP contribution in [0.5, 0.6) is 5.75 Å². The molecule has 4 heterocycles. The van der Waals surface area contributed by atoms with Gasteiger partial charge in [0.25, 0.3) is 5.91 Å². The molecule has 2 aliphatic rings. The molecule has 0 aliphatic carbocycles. The van der Waals surface area contributed by atoms with E-state index in [9.17, 15) is 14.4 Å². The molecule has 2 aliphatic heterocycles. The van der Waals surface area contributed by atoms with Gasteiger partial charge in [0.2, 0.25) is 5.95 Å². The van der Waals surface area contributed by atoms with E-state index in [0.717, 1.165) is 22.6 Å². The van der Waals surface area contributed by atoms with Gasteiger partial charge in [0.15, 0.2) is 0 Å². The van der Waals surface area contributed by atoms with Crippen molar-refractivity contribution < 1.29 is 13.9 Å². The van der Waals surface area contributed by atoms with Crippen molar-refractivity contribution in [1.82, 2.24) is 24.3 Å². The number of carbonyl (C=O) groups is 1. The Hall–Kier alpha value is -3.97. The van der Waals surface area contributed by atoms with E-state index in [4.69, 9.17) is 4.74 Å². The molecular formula is C28H32FN7O2. The molecule has 1 saturated heterocycles. The summed E-state index contributed by atoms with van der Waals surface area (Å²) in [5.74, 6) is 1.16. The largest absolute Gasteiger partial charge is 0.492 e. The number of nitrogens with zero attached hydrogens (tertiary/aromatic N) is 6. The van der Waals surface area contributed by atoms with Crippen molar-refractivity contribution in [3.05, 3.63) is 70.3 Å². The Morgan fingerprint density at radius 1 is 1.26 bits per heavy atom. The van der Waals surface area contributed by atoms with Crippen molar-refractivity contribution in [3.63, 3.8) is 0 Å². The van der Waals surface area contributed by atoms with Crippen molar-refractivity contribution in [1.29, 1.82) is 5.26 Å². The average Bonchev–Trinajstić information content (AvgIpc) is 3.35. The van der Waals surface area contributed by atoms with Gasteiger partial charge < -0.3 is 19.5 Å². The van der Waals surface area contributed by atoms with Gasteiger partial charge in [0.05, 0.1) is 24.9 Å². The maximum absolute atomic E-state index is 13.9. The van der Waals surface area contributed by atoms with Crippen LogP contribution in [0.25, 0.3) is 0 Å². The summed E-state index contributed by atoms with van der Waals surface area (Å²) in [5.41, 5.74) is 4.82. The number of hydrogen-bond donors (Lipinski definition) is 1. The number of nitriles is 1. The van der Waals surface area contributed by atoms with Gasteiger partial charge in [-0.25, -0.2) is 9.37 Å². The number of imidazole rings is 1. The molecule has 1 fully saturated rings. The average molecular weight is 518 g/mol. The molecule has 0 bridgehead atoms. The minimum Gasteiger partial charge on any atom is -0.492 e. The topological polar surface area (TPSA) is 99.3 Å². The Kier molecular flexibility index (Phi) is 7.29. The molecule has 0 radical (unpaired) electrons. The Balaban J connectivity index is 1.47. The second-order valence-electron chi connectivity index (χ2n) is 9.78. The number of ether oxygens (including phenoxy) is 1. The number of rotatable bonds is 9. The van der Waals surface area contributed by atoms with E-state index < -0.39 is 6.17 Å². The lowest BCUT2D eigenvalue weighted by atomic mass is 9.89. The number of carbonyl (C=O) groups excluding carboxylic acids is 1. The molecule has 198 valence electrons. The summed E-state index contributed by atoms with van der Waals surface area (Å²) >= 11 is 0. The Morgan fingerprint density at radius 2 is 2.08 bits per heavy atom. The van der Waals surface area contributed by atoms with Crippen LogP contribution in [0.4, 0.5) is 10.3 Å². The van der Waals surface area contributed by atoms with Gasteiger partial charge in [-0.2, -0.15) is 5.26 Å². The highest BCUT2D eigenvalue weighted by atomic mass is 19.1. The highest BCUT2D eigenvalue weighted by molar-refractivity contribution is 5.97. The Bertz CT molecular complexity index is 1380. The molecule has 0 saturated carbocycles. The van der Waals surface area contributed by atoms with Gasteiger partial charge in [-0.05, 0) is 43.0 Å². The van der Waals surface area contributed by atoms with Crippen LogP contribution in [-0.4, -0.2) is 69.7 Å². The van der Waals surface area contributed by atoms with Crippen LogP contribution in [0.3, 0.4) is 0 Å². The summed E-state index contributed by atoms with van der Waals surface area (Å²) in [6.07, 6.45) is 5.07. The minimum atomic E-state index is -0.780. The van der Waals surface area contributed by atoms with Crippen LogP contribution in [-0.2, 0) is 19.5 Å². The second-order valence-corrected chi connectivity index (χ2v) is 9.78. The highest BCUT2D eigenvalue weighted by Crippen LogP contribution is 2.33. The first-order valence-electron chi connectivity index (χ1n) is 13.0. The van der Waals surface area contributed by atoms with Crippen molar-refractivity contribution in [2.45, 2.75) is 45.6 Å². The molecular weight excluding hydrogens is 485 g/mol. The first kappa shape index (κ1) is 25.7. The summed E-state index contributed by atoms with van der Waals surface area (Å²) in [4.78, 5) is 26.6. The third-order valence-electron chi connectivity index (χ3n) is 7.30. The zero-order valence-corrected chi connectivity index (χ0v) is 21.9. The molecule has 10 heteroatoms. The number of fused-ring (bicyclic) bond motifs is 1. The normalized spacial score (nSPS) is 16.5. The fourth-order valence-corrected chi connectivity index (χ4v) is 5.31. The summed E-state index contributed by atoms with van der Waals surface area (Å²) in [7, 11) is 1.82. The molecule has 1 aromatic carbocycles. The van der Waals surface area contributed by atoms with Gasteiger partial charge in [0.1, 0.15) is 23.6 Å². The third-order valence-corrected chi connectivity index (χ3v) is 7.30. The van der Waals surface area contributed by atoms with E-state index in [1.54, 1.807) is 12.3 Å². The fraction of sp³-hybridized carbons (Fsp3) is 0.429. The third kappa shape index (κ3) is 4.94. The molecule has 3 aromatic rings. The van der Waals surface area contributed by atoms with Crippen molar-refractivity contribution >= 4 is 11.9 Å². The van der Waals surface area contributed by atoms with Crippen LogP contribution in [0.2, 0.25) is 0 Å². The SMILES string of the molecule is CCOc1cc(C(C)N2CCc3c(CN4CC(F)C4)cc(Cn4ccnc4NC)cc3C2=O)ncc1C#N. The molecule has 0 spiro atoms. The number of likely N-dealkylation sites (tertiary alicyclic amines) is 1. The summed E-state index contributed by atoms with van der Waals surface area (Å²) < 4.78 is 21.2. The Morgan fingerprint density at radius 3 is 2.79 bits per heavy atom. The first-order valence-corrected chi connectivity index (χ1v) is 13.0. The zero-order valence-electron chi connectivity index (χ0n) is 21.9. The molecule has 5 rings (SSSR count). The number of hydrogen-bond acceptors (Lipinski definition) is 7. The van der Waals surface area contributed by atoms with E-state index >= 15 is 0 Å². The minimum absolute atomic E-state index is 0.0579. The van der Waals surface area contributed by atoms with Gasteiger partial charge >= 0.3 is 0 Å². The van der Waals surface area contributed by atoms with E-state index in [2.05, 4.69) is 32.3 Å². The van der Waals surface area contributed by atoms with E-state index in [1.165, 1.54) is 6.20 Å². The molecule has 1 atom stereocenters. The quantitative estimate of drug-likeness (QED) is 0.463. The Labute approximate surface area is 221 Å². The highest BCUT2D eigenvalue weighted by Gasteiger charge is 2.33. The standard InChI is InChI=1S/C28H32FN7O2/c1-4-38-26-11-25(33-13-21(26)12-30)18(2)36-7-5-23-20(15-34-16-22(29)17-34)9-19(10-24(23)27(36)37)14-35-8-6-32-28(35)31-3/h6,8-11,13,18,22H,4-5,7,14-17H2,1-3H3,(H,31,32). The van der Waals surface area contributed by atoms with Crippen LogP contribution >= 0.6 is 0 Å². The van der Waals surface area contributed by atoms with Crippen LogP contribution in [0.1, 0.15) is 58.2 Å². The van der Waals surface area contributed by atoms with Gasteiger partial charge in [-0.3, -0.25) is 14.7 Å². The number of nitrogens with one attached hydrogen (secondary N) is 1. The molecule has 2 aromatic heterocycles. The van der Waals surface area contributed by atoms with Gasteiger partial charge in [-0.15, -0.1) is 0 Å². The van der Waals surface area contributed by atoms with E-state index in [0.29, 0.717) is 68.3 Å². The molecule has 1 unspecified atom stereocenters. The number of benzene rings is 1. The van der Waals surface area contributed by atoms with Crippen LogP contribution < -0.4 is 10.1 Å². The van der Waals surface area contributed by atoms with Crippen LogP contribution in [0, 0.1) is 11.3 Å². The van der Waals surface area contributed by atoms with Crippen molar-refractivity contribution in [2.75, 3.05) is 38.6 Å². The lowest BCUT2D eigenvalue weighted by Crippen LogP contribution is -2.48. The summed E-state index contributed by atoms with van der Waals surface area (Å²) in [6, 6.07) is 7.68. The number of halogens is 1. The molecule has 1 N–H and O–H groups in total. The van der Waals surface area contributed by atoms with E-state index in [-0.39, 0.29) is 11.9 Å². The monoisotopic (exact) mass is 517 g/mol. The number of amides is 1. The lowest BCUT2D eigenvalue weighted by Gasteiger charge is -2.37. The van der Waals surface area contributed by atoms with Crippen molar-refractivity contribution in [3.8, 4) is 11.8 Å². The lowest BCUT2D eigenvalue weighted by molar-refractivity contribution is 0.0578. The second kappa shape index (κ2) is 10.8. The maximum Gasteiger partial charge on any atom is 0.254 e. The predicted molar refractivity (Wildman–Crippen MR) is 141 cm³/mol. The first-order chi connectivity index (χ1) is 18.4. The molecule has 38 heavy (non-hydrogen) atoms. The maximum atomic E-state index is 13.9. The number of alkyl halides is 1. The van der Waals surface area contributed by atoms with E-state index in [1.807, 2.05) is 42.6 Å². The number of anilines is 1. The van der Waals surface area contributed by atoms with Gasteiger partial charge in [0, 0.05) is 63.4 Å². The number of aromatic nitrogens is 3. The molecule has 1 amide bonds. The molecule has 9 nitrogen and oxygen atoms in total. The zero-order chi connectivity index (χ0) is 26.8. The summed E-state index contributed by atoms with van der Waals surface area (Å²) in [5, 5.41) is 12.5. The van der Waals surface area contributed by atoms with Gasteiger partial charge in [-0.1, -0.05) is 6.07 Å². The predicted octanol–water partition coefficient (Wildman–Crippen LogP) is 3.55. The smallest absolute Gasteiger partial charge is 0.254 e. The van der Waals surface area contributed by atoms with Crippen LogP contribution in [0.15, 0.2) is 36.8 Å². The fourth-order valence-electron chi connectivity index (χ4n) is 5.31. The number of pyridine rings is 1. The van der Waals surface area contributed by atoms with Crippen molar-refractivity contribution in [2.24, 2.45) is 0 Å². The summed E-state index contributed by atoms with van der Waals surface area (Å²) in [6.45, 7) is 6.81.